The van der Waals surface area contributed by atoms with Gasteiger partial charge in [-0.3, -0.25) is 0 Å². The topological polar surface area (TPSA) is 64.0 Å². The Morgan fingerprint density at radius 3 is 2.50 bits per heavy atom. The fourth-order valence-corrected chi connectivity index (χ4v) is 3.81. The highest BCUT2D eigenvalue weighted by atomic mass is 28.4. The minimum Gasteiger partial charge on any atom is -0.414 e. The van der Waals surface area contributed by atoms with Gasteiger partial charge in [-0.2, -0.15) is 5.26 Å². The Balaban J connectivity index is 2.58. The molecule has 0 N–H and O–H groups in total. The Labute approximate surface area is 173 Å². The summed E-state index contributed by atoms with van der Waals surface area (Å²) >= 11 is 0. The van der Waals surface area contributed by atoms with E-state index in [1.165, 1.54) is 5.57 Å². The SMILES string of the molecule is COCOC/C(=C\[C@@H]1O[C@@H]1CO[Si](C)(C)C(C)(C)C)CCC(C#N)CC(C)C. The maximum atomic E-state index is 9.39. The maximum Gasteiger partial charge on any atom is 0.192 e. The van der Waals surface area contributed by atoms with Crippen LogP contribution in [0.1, 0.15) is 53.9 Å². The van der Waals surface area contributed by atoms with Crippen LogP contribution in [0.4, 0.5) is 0 Å². The number of nitriles is 1. The predicted octanol–water partition coefficient (Wildman–Crippen LogP) is 5.29. The molecule has 5 nitrogen and oxygen atoms in total. The first-order valence-corrected chi connectivity index (χ1v) is 13.4. The molecular weight excluding hydrogens is 370 g/mol. The normalized spacial score (nSPS) is 21.6. The van der Waals surface area contributed by atoms with Gasteiger partial charge in [-0.05, 0) is 48.9 Å². The third-order valence-electron chi connectivity index (χ3n) is 5.68. The lowest BCUT2D eigenvalue weighted by Crippen LogP contribution is -2.41. The molecule has 0 aliphatic carbocycles. The molecule has 0 aromatic rings. The first-order chi connectivity index (χ1) is 13.0. The second-order valence-electron chi connectivity index (χ2n) is 9.78. The van der Waals surface area contributed by atoms with E-state index in [0.717, 1.165) is 19.3 Å². The molecule has 28 heavy (non-hydrogen) atoms. The van der Waals surface area contributed by atoms with Gasteiger partial charge < -0.3 is 18.6 Å². The molecule has 0 spiro atoms. The molecule has 0 bridgehead atoms. The number of ether oxygens (including phenoxy) is 3. The summed E-state index contributed by atoms with van der Waals surface area (Å²) in [5, 5.41) is 9.60. The van der Waals surface area contributed by atoms with Gasteiger partial charge in [-0.15, -0.1) is 0 Å². The van der Waals surface area contributed by atoms with Crippen molar-refractivity contribution in [3.63, 3.8) is 0 Å². The van der Waals surface area contributed by atoms with Crippen molar-refractivity contribution in [3.8, 4) is 6.07 Å². The summed E-state index contributed by atoms with van der Waals surface area (Å²) in [7, 11) is -0.131. The fourth-order valence-electron chi connectivity index (χ4n) is 2.80. The lowest BCUT2D eigenvalue weighted by atomic mass is 9.92. The number of hydrogen-bond acceptors (Lipinski definition) is 5. The molecule has 6 heteroatoms. The van der Waals surface area contributed by atoms with E-state index in [9.17, 15) is 5.26 Å². The average molecular weight is 412 g/mol. The molecule has 0 amide bonds. The van der Waals surface area contributed by atoms with E-state index in [1.54, 1.807) is 7.11 Å². The first kappa shape index (κ1) is 25.3. The van der Waals surface area contributed by atoms with Crippen LogP contribution >= 0.6 is 0 Å². The van der Waals surface area contributed by atoms with E-state index in [0.29, 0.717) is 19.1 Å². The number of methoxy groups -OCH3 is 1. The fraction of sp³-hybridized carbons (Fsp3) is 0.864. The molecule has 3 atom stereocenters. The van der Waals surface area contributed by atoms with Crippen molar-refractivity contribution in [2.75, 3.05) is 27.1 Å². The van der Waals surface area contributed by atoms with Crippen LogP contribution in [0, 0.1) is 23.2 Å². The van der Waals surface area contributed by atoms with Crippen molar-refractivity contribution < 1.29 is 18.6 Å². The molecule has 0 aromatic heterocycles. The molecule has 1 heterocycles. The van der Waals surface area contributed by atoms with Crippen molar-refractivity contribution >= 4 is 8.32 Å². The van der Waals surface area contributed by atoms with Crippen LogP contribution in [0.25, 0.3) is 0 Å². The van der Waals surface area contributed by atoms with E-state index in [1.807, 2.05) is 0 Å². The van der Waals surface area contributed by atoms with Gasteiger partial charge in [-0.25, -0.2) is 0 Å². The van der Waals surface area contributed by atoms with Crippen molar-refractivity contribution in [2.24, 2.45) is 11.8 Å². The summed E-state index contributed by atoms with van der Waals surface area (Å²) in [6.45, 7) is 17.0. The third-order valence-corrected chi connectivity index (χ3v) is 10.2. The van der Waals surface area contributed by atoms with Crippen LogP contribution in [0.3, 0.4) is 0 Å². The monoisotopic (exact) mass is 411 g/mol. The molecule has 0 saturated carbocycles. The van der Waals surface area contributed by atoms with Crippen molar-refractivity contribution in [2.45, 2.75) is 84.2 Å². The highest BCUT2D eigenvalue weighted by Gasteiger charge is 2.42. The minimum atomic E-state index is -1.75. The zero-order chi connectivity index (χ0) is 21.4. The lowest BCUT2D eigenvalue weighted by molar-refractivity contribution is -0.0219. The highest BCUT2D eigenvalue weighted by Crippen LogP contribution is 2.38. The molecule has 1 aliphatic rings. The molecule has 1 rings (SSSR count). The Kier molecular flexibility index (Phi) is 10.4. The molecular formula is C22H41NO4Si. The van der Waals surface area contributed by atoms with Gasteiger partial charge in [0.2, 0.25) is 0 Å². The standard InChI is InChI=1S/C22H41NO4Si/c1-17(2)11-18(13-23)9-10-19(14-25-16-24-6)12-20-21(27-20)15-26-28(7,8)22(3,4)5/h12,17-18,20-21H,9-11,14-16H2,1-8H3/b19-12-/t18?,20-,21+/m0/s1. The van der Waals surface area contributed by atoms with Crippen LogP contribution in [0.15, 0.2) is 11.6 Å². The van der Waals surface area contributed by atoms with E-state index < -0.39 is 8.32 Å². The minimum absolute atomic E-state index is 0.0867. The number of rotatable bonds is 13. The molecule has 1 unspecified atom stereocenters. The Morgan fingerprint density at radius 2 is 1.96 bits per heavy atom. The summed E-state index contributed by atoms with van der Waals surface area (Å²) in [6.07, 6.45) is 5.04. The number of nitrogens with zero attached hydrogens (tertiary/aromatic N) is 1. The van der Waals surface area contributed by atoms with Gasteiger partial charge in [0.25, 0.3) is 0 Å². The van der Waals surface area contributed by atoms with Crippen molar-refractivity contribution in [1.82, 2.24) is 0 Å². The quantitative estimate of drug-likeness (QED) is 0.135. The smallest absolute Gasteiger partial charge is 0.192 e. The average Bonchev–Trinajstić information content (AvgIpc) is 3.33. The summed E-state index contributed by atoms with van der Waals surface area (Å²) in [4.78, 5) is 0. The summed E-state index contributed by atoms with van der Waals surface area (Å²) in [5.74, 6) is 0.620. The molecule has 1 aliphatic heterocycles. The van der Waals surface area contributed by atoms with Crippen LogP contribution in [-0.2, 0) is 18.6 Å². The molecule has 0 aromatic carbocycles. The lowest BCUT2D eigenvalue weighted by Gasteiger charge is -2.35. The van der Waals surface area contributed by atoms with E-state index >= 15 is 0 Å². The van der Waals surface area contributed by atoms with Gasteiger partial charge in [0.05, 0.1) is 19.3 Å². The van der Waals surface area contributed by atoms with E-state index in [4.69, 9.17) is 18.6 Å². The van der Waals surface area contributed by atoms with Crippen LogP contribution in [-0.4, -0.2) is 47.6 Å². The first-order valence-electron chi connectivity index (χ1n) is 10.5. The van der Waals surface area contributed by atoms with Crippen LogP contribution < -0.4 is 0 Å². The van der Waals surface area contributed by atoms with Crippen molar-refractivity contribution in [1.29, 1.82) is 5.26 Å². The van der Waals surface area contributed by atoms with Gasteiger partial charge in [0, 0.05) is 13.0 Å². The van der Waals surface area contributed by atoms with Gasteiger partial charge in [0.15, 0.2) is 8.32 Å². The molecule has 1 saturated heterocycles. The predicted molar refractivity (Wildman–Crippen MR) is 116 cm³/mol. The van der Waals surface area contributed by atoms with Crippen molar-refractivity contribution in [3.05, 3.63) is 11.6 Å². The largest absolute Gasteiger partial charge is 0.414 e. The molecule has 1 fully saturated rings. The van der Waals surface area contributed by atoms with Crippen LogP contribution in [0.5, 0.6) is 0 Å². The Bertz CT molecular complexity index is 534. The summed E-state index contributed by atoms with van der Waals surface area (Å²) in [6, 6.07) is 2.45. The van der Waals surface area contributed by atoms with Gasteiger partial charge in [-0.1, -0.05) is 40.7 Å². The Morgan fingerprint density at radius 1 is 1.29 bits per heavy atom. The summed E-state index contributed by atoms with van der Waals surface area (Å²) in [5.41, 5.74) is 1.18. The molecule has 0 radical (unpaired) electrons. The maximum absolute atomic E-state index is 9.39. The zero-order valence-corrected chi connectivity index (χ0v) is 20.2. The van der Waals surface area contributed by atoms with E-state index in [-0.39, 0.29) is 30.0 Å². The highest BCUT2D eigenvalue weighted by molar-refractivity contribution is 6.74. The van der Waals surface area contributed by atoms with Crippen LogP contribution in [0.2, 0.25) is 18.1 Å². The number of hydrogen-bond donors (Lipinski definition) is 0. The zero-order valence-electron chi connectivity index (χ0n) is 19.2. The van der Waals surface area contributed by atoms with Gasteiger partial charge >= 0.3 is 0 Å². The van der Waals surface area contributed by atoms with Gasteiger partial charge in [0.1, 0.15) is 19.0 Å². The summed E-state index contributed by atoms with van der Waals surface area (Å²) < 4.78 is 22.7. The second kappa shape index (κ2) is 11.5. The Hall–Kier alpha value is -0.713. The third kappa shape index (κ3) is 9.19. The van der Waals surface area contributed by atoms with E-state index in [2.05, 4.69) is 59.9 Å². The number of epoxide rings is 1. The second-order valence-corrected chi connectivity index (χ2v) is 14.6. The molecule has 162 valence electrons.